The van der Waals surface area contributed by atoms with Crippen LogP contribution in [0.5, 0.6) is 5.75 Å². The molecule has 0 spiro atoms. The molecule has 0 saturated heterocycles. The zero-order valence-electron chi connectivity index (χ0n) is 12.7. The summed E-state index contributed by atoms with van der Waals surface area (Å²) >= 11 is 0. The van der Waals surface area contributed by atoms with Gasteiger partial charge >= 0.3 is 0 Å². The maximum Gasteiger partial charge on any atom is 0.238 e. The minimum Gasteiger partial charge on any atom is -0.497 e. The summed E-state index contributed by atoms with van der Waals surface area (Å²) in [6, 6.07) is 7.30. The van der Waals surface area contributed by atoms with Crippen LogP contribution in [-0.4, -0.2) is 49.3 Å². The third kappa shape index (κ3) is 4.72. The number of aliphatic hydroxyl groups is 1. The predicted molar refractivity (Wildman–Crippen MR) is 82.5 cm³/mol. The number of anilines is 1. The van der Waals surface area contributed by atoms with Gasteiger partial charge in [0.15, 0.2) is 0 Å². The van der Waals surface area contributed by atoms with Crippen molar-refractivity contribution < 1.29 is 14.6 Å². The second kappa shape index (κ2) is 7.43. The fraction of sp³-hybridized carbons (Fsp3) is 0.562. The molecule has 1 aromatic carbocycles. The van der Waals surface area contributed by atoms with E-state index in [1.807, 2.05) is 30.1 Å². The number of aliphatic hydroxyl groups excluding tert-OH is 1. The van der Waals surface area contributed by atoms with E-state index in [-0.39, 0.29) is 12.0 Å². The fourth-order valence-corrected chi connectivity index (χ4v) is 2.84. The lowest BCUT2D eigenvalue weighted by molar-refractivity contribution is -0.117. The van der Waals surface area contributed by atoms with Gasteiger partial charge in [0.25, 0.3) is 0 Å². The molecular weight excluding hydrogens is 268 g/mol. The van der Waals surface area contributed by atoms with Gasteiger partial charge in [-0.25, -0.2) is 0 Å². The van der Waals surface area contributed by atoms with Crippen LogP contribution in [0.15, 0.2) is 24.3 Å². The Hall–Kier alpha value is -1.59. The molecule has 0 aromatic heterocycles. The molecule has 2 N–H and O–H groups in total. The largest absolute Gasteiger partial charge is 0.497 e. The molecule has 1 aromatic rings. The number of nitrogens with one attached hydrogen (secondary N) is 1. The minimum atomic E-state index is -0.214. The number of methoxy groups -OCH3 is 1. The molecule has 0 aliphatic heterocycles. The van der Waals surface area contributed by atoms with Crippen LogP contribution < -0.4 is 10.1 Å². The molecule has 0 bridgehead atoms. The van der Waals surface area contributed by atoms with E-state index in [0.717, 1.165) is 37.2 Å². The van der Waals surface area contributed by atoms with Gasteiger partial charge in [-0.1, -0.05) is 12.5 Å². The first-order chi connectivity index (χ1) is 10.1. The zero-order chi connectivity index (χ0) is 15.2. The highest BCUT2D eigenvalue weighted by Crippen LogP contribution is 2.25. The van der Waals surface area contributed by atoms with Crippen LogP contribution in [0.1, 0.15) is 19.3 Å². The van der Waals surface area contributed by atoms with E-state index < -0.39 is 0 Å². The van der Waals surface area contributed by atoms with E-state index in [2.05, 4.69) is 5.32 Å². The maximum atomic E-state index is 12.0. The van der Waals surface area contributed by atoms with Gasteiger partial charge in [0.2, 0.25) is 5.91 Å². The number of hydrogen-bond donors (Lipinski definition) is 2. The molecular formula is C16H24N2O3. The van der Waals surface area contributed by atoms with Crippen molar-refractivity contribution in [3.8, 4) is 5.75 Å². The van der Waals surface area contributed by atoms with Crippen LogP contribution in [0.4, 0.5) is 5.69 Å². The summed E-state index contributed by atoms with van der Waals surface area (Å²) in [7, 11) is 3.51. The van der Waals surface area contributed by atoms with Crippen LogP contribution in [0.25, 0.3) is 0 Å². The van der Waals surface area contributed by atoms with Crippen LogP contribution in [0, 0.1) is 5.92 Å². The second-order valence-corrected chi connectivity index (χ2v) is 5.74. The lowest BCUT2D eigenvalue weighted by Crippen LogP contribution is -2.35. The second-order valence-electron chi connectivity index (χ2n) is 5.74. The van der Waals surface area contributed by atoms with Gasteiger partial charge in [-0.15, -0.1) is 0 Å². The van der Waals surface area contributed by atoms with Crippen LogP contribution >= 0.6 is 0 Å². The molecule has 0 heterocycles. The molecule has 0 radical (unpaired) electrons. The summed E-state index contributed by atoms with van der Waals surface area (Å²) in [5, 5.41) is 12.7. The number of likely N-dealkylation sites (N-methyl/N-ethyl adjacent to an activating group) is 1. The molecule has 116 valence electrons. The number of rotatable bonds is 6. The van der Waals surface area contributed by atoms with Crippen molar-refractivity contribution in [2.24, 2.45) is 5.92 Å². The Balaban J connectivity index is 1.80. The molecule has 2 rings (SSSR count). The lowest BCUT2D eigenvalue weighted by Gasteiger charge is -2.22. The smallest absolute Gasteiger partial charge is 0.238 e. The van der Waals surface area contributed by atoms with Crippen molar-refractivity contribution in [1.29, 1.82) is 0 Å². The standard InChI is InChI=1S/C16H24N2O3/c1-18(10-12-5-3-8-15(12)19)11-16(20)17-13-6-4-7-14(9-13)21-2/h4,6-7,9,12,15,19H,3,5,8,10-11H2,1-2H3,(H,17,20). The summed E-state index contributed by atoms with van der Waals surface area (Å²) in [5.41, 5.74) is 0.730. The first kappa shape index (κ1) is 15.8. The highest BCUT2D eigenvalue weighted by Gasteiger charge is 2.26. The number of carbonyl (C=O) groups excluding carboxylic acids is 1. The topological polar surface area (TPSA) is 61.8 Å². The Kier molecular flexibility index (Phi) is 5.59. The predicted octanol–water partition coefficient (Wildman–Crippen LogP) is 1.73. The van der Waals surface area contributed by atoms with Gasteiger partial charge in [-0.3, -0.25) is 9.69 Å². The Bertz CT molecular complexity index is 478. The third-order valence-electron chi connectivity index (χ3n) is 3.93. The number of hydrogen-bond acceptors (Lipinski definition) is 4. The molecule has 5 heteroatoms. The molecule has 1 saturated carbocycles. The summed E-state index contributed by atoms with van der Waals surface area (Å²) < 4.78 is 5.13. The van der Waals surface area contributed by atoms with Gasteiger partial charge in [0, 0.05) is 18.3 Å². The number of ether oxygens (including phenoxy) is 1. The van der Waals surface area contributed by atoms with Crippen LogP contribution in [0.3, 0.4) is 0 Å². The summed E-state index contributed by atoms with van der Waals surface area (Å²) in [6.07, 6.45) is 2.79. The number of carbonyl (C=O) groups is 1. The van der Waals surface area contributed by atoms with E-state index in [1.165, 1.54) is 0 Å². The Morgan fingerprint density at radius 2 is 2.29 bits per heavy atom. The fourth-order valence-electron chi connectivity index (χ4n) is 2.84. The SMILES string of the molecule is COc1cccc(NC(=O)CN(C)CC2CCCC2O)c1. The van der Waals surface area contributed by atoms with Gasteiger partial charge in [0.1, 0.15) is 5.75 Å². The van der Waals surface area contributed by atoms with Crippen molar-refractivity contribution >= 4 is 11.6 Å². The average Bonchev–Trinajstić information content (AvgIpc) is 2.84. The molecule has 1 fully saturated rings. The van der Waals surface area contributed by atoms with Crippen molar-refractivity contribution in [2.45, 2.75) is 25.4 Å². The molecule has 1 aliphatic carbocycles. The van der Waals surface area contributed by atoms with Crippen molar-refractivity contribution in [3.05, 3.63) is 24.3 Å². The van der Waals surface area contributed by atoms with Gasteiger partial charge < -0.3 is 15.2 Å². The normalized spacial score (nSPS) is 21.5. The summed E-state index contributed by atoms with van der Waals surface area (Å²) in [5.74, 6) is 0.952. The maximum absolute atomic E-state index is 12.0. The minimum absolute atomic E-state index is 0.0572. The van der Waals surface area contributed by atoms with Crippen LogP contribution in [-0.2, 0) is 4.79 Å². The lowest BCUT2D eigenvalue weighted by atomic mass is 10.1. The molecule has 2 unspecified atom stereocenters. The first-order valence-electron chi connectivity index (χ1n) is 7.39. The monoisotopic (exact) mass is 292 g/mol. The summed E-state index contributed by atoms with van der Waals surface area (Å²) in [4.78, 5) is 14.0. The number of nitrogens with zero attached hydrogens (tertiary/aromatic N) is 1. The quantitative estimate of drug-likeness (QED) is 0.838. The van der Waals surface area contributed by atoms with Gasteiger partial charge in [-0.2, -0.15) is 0 Å². The van der Waals surface area contributed by atoms with Gasteiger partial charge in [0.05, 0.1) is 19.8 Å². The van der Waals surface area contributed by atoms with E-state index in [4.69, 9.17) is 4.74 Å². The van der Waals surface area contributed by atoms with Crippen LogP contribution in [0.2, 0.25) is 0 Å². The Labute approximate surface area is 125 Å². The highest BCUT2D eigenvalue weighted by molar-refractivity contribution is 5.92. The van der Waals surface area contributed by atoms with E-state index in [1.54, 1.807) is 13.2 Å². The van der Waals surface area contributed by atoms with Gasteiger partial charge in [-0.05, 0) is 37.9 Å². The highest BCUT2D eigenvalue weighted by atomic mass is 16.5. The van der Waals surface area contributed by atoms with E-state index in [0.29, 0.717) is 12.5 Å². The van der Waals surface area contributed by atoms with Crippen molar-refractivity contribution in [1.82, 2.24) is 4.90 Å². The molecule has 1 aliphatic rings. The molecule has 21 heavy (non-hydrogen) atoms. The van der Waals surface area contributed by atoms with E-state index in [9.17, 15) is 9.90 Å². The van der Waals surface area contributed by atoms with E-state index >= 15 is 0 Å². The molecule has 5 nitrogen and oxygen atoms in total. The molecule has 2 atom stereocenters. The number of benzene rings is 1. The van der Waals surface area contributed by atoms with Crippen molar-refractivity contribution in [2.75, 3.05) is 32.6 Å². The third-order valence-corrected chi connectivity index (χ3v) is 3.93. The Morgan fingerprint density at radius 3 is 2.95 bits per heavy atom. The zero-order valence-corrected chi connectivity index (χ0v) is 12.7. The Morgan fingerprint density at radius 1 is 1.48 bits per heavy atom. The molecule has 1 amide bonds. The summed E-state index contributed by atoms with van der Waals surface area (Å²) in [6.45, 7) is 1.08. The van der Waals surface area contributed by atoms with Crippen molar-refractivity contribution in [3.63, 3.8) is 0 Å². The first-order valence-corrected chi connectivity index (χ1v) is 7.39. The average molecular weight is 292 g/mol. The number of amides is 1.